The van der Waals surface area contributed by atoms with Crippen molar-refractivity contribution in [2.45, 2.75) is 25.2 Å². The van der Waals surface area contributed by atoms with Crippen LogP contribution in [0.1, 0.15) is 27.9 Å². The lowest BCUT2D eigenvalue weighted by molar-refractivity contribution is -0.155. The van der Waals surface area contributed by atoms with Crippen molar-refractivity contribution < 1.29 is 38.2 Å². The zero-order chi connectivity index (χ0) is 22.0. The number of likely N-dealkylation sites (tertiary alicyclic amines) is 1. The van der Waals surface area contributed by atoms with Crippen LogP contribution in [0.25, 0.3) is 0 Å². The van der Waals surface area contributed by atoms with Crippen LogP contribution in [0.2, 0.25) is 0 Å². The molecule has 1 atom stereocenters. The average molecular weight is 312 g/mol. The van der Waals surface area contributed by atoms with E-state index in [1.54, 1.807) is 0 Å². The van der Waals surface area contributed by atoms with Crippen molar-refractivity contribution in [1.29, 1.82) is 0 Å². The number of nitrogens with zero attached hydrogens (tertiary/aromatic N) is 1. The molecule has 1 aromatic rings. The third-order valence-electron chi connectivity index (χ3n) is 3.01. The van der Waals surface area contributed by atoms with Crippen LogP contribution in [0.15, 0.2) is 18.2 Å². The predicted octanol–water partition coefficient (Wildman–Crippen LogP) is 0.648. The van der Waals surface area contributed by atoms with Crippen molar-refractivity contribution >= 4 is 17.8 Å². The van der Waals surface area contributed by atoms with Gasteiger partial charge in [-0.25, -0.2) is 4.79 Å². The molecule has 1 aromatic carbocycles. The summed E-state index contributed by atoms with van der Waals surface area (Å²) in [6, 6.07) is 0.620. The number of fused-ring (bicyclic) bond motifs is 1. The molecule has 3 rings (SSSR count). The number of rotatable bonds is 3. The number of hydrogen-bond donors (Lipinski definition) is 0. The molecule has 7 heteroatoms. The fraction of sp³-hybridized carbons (Fsp3) is 0.400. The second-order valence-corrected chi connectivity index (χ2v) is 4.37. The van der Waals surface area contributed by atoms with Crippen LogP contribution >= 0.6 is 0 Å². The molecule has 2 aliphatic heterocycles. The van der Waals surface area contributed by atoms with Gasteiger partial charge < -0.3 is 14.2 Å². The summed E-state index contributed by atoms with van der Waals surface area (Å²) in [7, 11) is 0.821. The van der Waals surface area contributed by atoms with Crippen molar-refractivity contribution in [3.63, 3.8) is 0 Å². The first-order valence-electron chi connectivity index (χ1n) is 9.66. The van der Waals surface area contributed by atoms with Crippen molar-refractivity contribution in [2.75, 3.05) is 13.9 Å². The van der Waals surface area contributed by atoms with Gasteiger partial charge in [0.1, 0.15) is 8.76 Å². The van der Waals surface area contributed by atoms with Crippen LogP contribution in [0, 0.1) is 0 Å². The molecule has 0 N–H and O–H groups in total. The van der Waals surface area contributed by atoms with Gasteiger partial charge in [0.2, 0.25) is 18.6 Å². The zero-order valence-electron chi connectivity index (χ0n) is 18.3. The predicted molar refractivity (Wildman–Crippen MR) is 73.2 cm³/mol. The van der Waals surface area contributed by atoms with E-state index in [-0.39, 0.29) is 22.0 Å². The number of hydrogen-bond acceptors (Lipinski definition) is 6. The fourth-order valence-electron chi connectivity index (χ4n) is 1.99. The standard InChI is InChI=1S/C15H15NO6/c1-20-15(19)10-3-5-13(17)16(10)14(18)7-9-2-4-11-12(6-9)22-8-21-11/h2,4,6,10H,3,5,7-8H2,1H3/i3D2,5D2,8D2,10D. The van der Waals surface area contributed by atoms with Gasteiger partial charge in [-0.2, -0.15) is 0 Å². The van der Waals surface area contributed by atoms with E-state index in [9.17, 15) is 14.4 Å². The van der Waals surface area contributed by atoms with Gasteiger partial charge >= 0.3 is 5.97 Å². The van der Waals surface area contributed by atoms with Crippen LogP contribution in [0.4, 0.5) is 0 Å². The van der Waals surface area contributed by atoms with E-state index in [1.807, 2.05) is 0 Å². The van der Waals surface area contributed by atoms with E-state index in [1.165, 1.54) is 18.2 Å². The van der Waals surface area contributed by atoms with Gasteiger partial charge in [-0.3, -0.25) is 14.5 Å². The van der Waals surface area contributed by atoms with Crippen LogP contribution in [0.3, 0.4) is 0 Å². The molecule has 0 bridgehead atoms. The monoisotopic (exact) mass is 312 g/mol. The Morgan fingerprint density at radius 1 is 1.45 bits per heavy atom. The molecule has 0 aromatic heterocycles. The molecule has 0 aliphatic carbocycles. The molecule has 1 fully saturated rings. The lowest BCUT2D eigenvalue weighted by atomic mass is 10.1. The van der Waals surface area contributed by atoms with E-state index in [0.29, 0.717) is 0 Å². The first-order valence-corrected chi connectivity index (χ1v) is 6.16. The Labute approximate surface area is 136 Å². The summed E-state index contributed by atoms with van der Waals surface area (Å²) in [5.74, 6) is -4.46. The maximum absolute atomic E-state index is 12.8. The Bertz CT molecular complexity index is 920. The summed E-state index contributed by atoms with van der Waals surface area (Å²) in [5, 5.41) is 0. The lowest BCUT2D eigenvalue weighted by Crippen LogP contribution is -2.44. The molecule has 116 valence electrons. The first-order chi connectivity index (χ1) is 13.2. The normalized spacial score (nSPS) is 34.3. The van der Waals surface area contributed by atoms with Gasteiger partial charge in [-0.05, 0) is 24.1 Å². The molecule has 1 saturated heterocycles. The number of imide groups is 1. The minimum atomic E-state index is -3.38. The molecule has 22 heavy (non-hydrogen) atoms. The highest BCUT2D eigenvalue weighted by Crippen LogP contribution is 2.33. The molecule has 2 aliphatic rings. The Balaban J connectivity index is 1.96. The highest BCUT2D eigenvalue weighted by Gasteiger charge is 2.40. The molecular formula is C15H15NO6. The second kappa shape index (κ2) is 5.67. The number of esters is 1. The summed E-state index contributed by atoms with van der Waals surface area (Å²) < 4.78 is 68.3. The number of benzene rings is 1. The Kier molecular flexibility index (Phi) is 2.10. The van der Waals surface area contributed by atoms with Gasteiger partial charge in [-0.15, -0.1) is 0 Å². The summed E-state index contributed by atoms with van der Waals surface area (Å²) in [6.07, 6.45) is -7.34. The van der Waals surface area contributed by atoms with Crippen molar-refractivity contribution in [3.05, 3.63) is 23.8 Å². The van der Waals surface area contributed by atoms with Gasteiger partial charge in [-0.1, -0.05) is 6.07 Å². The van der Waals surface area contributed by atoms with Crippen LogP contribution in [-0.4, -0.2) is 42.6 Å². The SMILES string of the molecule is [2H]C1([2H])Oc2ccc(CC(=O)N3C(=O)C([2H])([2H])C([2H])([2H])C3([2H])C(=O)OC)cc2O1. The van der Waals surface area contributed by atoms with Crippen molar-refractivity contribution in [1.82, 2.24) is 4.90 Å². The molecule has 0 radical (unpaired) electrons. The van der Waals surface area contributed by atoms with Gasteiger partial charge in [0.15, 0.2) is 11.5 Å². The smallest absolute Gasteiger partial charge is 0.329 e. The topological polar surface area (TPSA) is 82.1 Å². The average Bonchev–Trinajstić information content (AvgIpc) is 2.97. The van der Waals surface area contributed by atoms with Crippen LogP contribution in [-0.2, 0) is 25.5 Å². The van der Waals surface area contributed by atoms with Gasteiger partial charge in [0.25, 0.3) is 0 Å². The van der Waals surface area contributed by atoms with Crippen molar-refractivity contribution in [2.24, 2.45) is 0 Å². The molecule has 2 amide bonds. The van der Waals surface area contributed by atoms with E-state index in [0.717, 1.165) is 7.11 Å². The molecule has 7 nitrogen and oxygen atoms in total. The Hall–Kier alpha value is -2.57. The van der Waals surface area contributed by atoms with Crippen molar-refractivity contribution in [3.8, 4) is 11.5 Å². The van der Waals surface area contributed by atoms with Crippen LogP contribution in [0.5, 0.6) is 11.5 Å². The third kappa shape index (κ3) is 2.49. The number of amides is 2. The van der Waals surface area contributed by atoms with E-state index in [2.05, 4.69) is 4.74 Å². The lowest BCUT2D eigenvalue weighted by Gasteiger charge is -2.20. The summed E-state index contributed by atoms with van der Waals surface area (Å²) in [6.45, 7) is -2.40. The molecule has 1 unspecified atom stereocenters. The van der Waals surface area contributed by atoms with Crippen LogP contribution < -0.4 is 9.47 Å². The van der Waals surface area contributed by atoms with E-state index in [4.69, 9.17) is 19.1 Å². The summed E-state index contributed by atoms with van der Waals surface area (Å²) in [5.41, 5.74) is 0.170. The Morgan fingerprint density at radius 3 is 3.00 bits per heavy atom. The molecular weight excluding hydrogens is 290 g/mol. The summed E-state index contributed by atoms with van der Waals surface area (Å²) in [4.78, 5) is 37.3. The maximum Gasteiger partial charge on any atom is 0.329 e. The largest absolute Gasteiger partial charge is 0.467 e. The highest BCUT2D eigenvalue weighted by molar-refractivity contribution is 6.02. The van der Waals surface area contributed by atoms with Gasteiger partial charge in [0, 0.05) is 11.9 Å². The summed E-state index contributed by atoms with van der Waals surface area (Å²) >= 11 is 0. The first kappa shape index (κ1) is 8.17. The third-order valence-corrected chi connectivity index (χ3v) is 3.01. The van der Waals surface area contributed by atoms with E-state index < -0.39 is 49.7 Å². The molecule has 2 heterocycles. The molecule has 0 saturated carbocycles. The number of ether oxygens (including phenoxy) is 3. The van der Waals surface area contributed by atoms with Gasteiger partial charge in [0.05, 0.1) is 14.9 Å². The second-order valence-electron chi connectivity index (χ2n) is 4.37. The number of carbonyl (C=O) groups is 3. The Morgan fingerprint density at radius 2 is 2.23 bits per heavy atom. The molecule has 0 spiro atoms. The number of carbonyl (C=O) groups excluding carboxylic acids is 3. The zero-order valence-corrected chi connectivity index (χ0v) is 11.3. The minimum absolute atomic E-state index is 0.0242. The number of methoxy groups -OCH3 is 1. The minimum Gasteiger partial charge on any atom is -0.467 e. The quantitative estimate of drug-likeness (QED) is 0.762. The maximum atomic E-state index is 12.8. The van der Waals surface area contributed by atoms with E-state index >= 15 is 0 Å². The highest BCUT2D eigenvalue weighted by atomic mass is 16.7. The fourth-order valence-corrected chi connectivity index (χ4v) is 1.99.